The number of aromatic nitrogens is 4. The summed E-state index contributed by atoms with van der Waals surface area (Å²) in [4.78, 5) is 20.6. The van der Waals surface area contributed by atoms with Crippen LogP contribution in [0.25, 0.3) is 123 Å². The molecule has 0 aliphatic heterocycles. The van der Waals surface area contributed by atoms with E-state index in [1.165, 1.54) is 0 Å². The van der Waals surface area contributed by atoms with E-state index in [2.05, 4.69) is 158 Å². The summed E-state index contributed by atoms with van der Waals surface area (Å²) in [6.45, 7) is 0. The first-order chi connectivity index (χ1) is 30.7. The molecule has 0 aliphatic rings. The molecule has 0 aliphatic carbocycles. The molecule has 0 atom stereocenters. The smallest absolute Gasteiger partial charge is 0.180 e. The molecule has 4 heterocycles. The summed E-state index contributed by atoms with van der Waals surface area (Å²) >= 11 is 0. The third-order valence-electron chi connectivity index (χ3n) is 11.5. The van der Waals surface area contributed by atoms with E-state index >= 15 is 0 Å². The van der Waals surface area contributed by atoms with Crippen molar-refractivity contribution in [3.8, 4) is 78.7 Å². The highest BCUT2D eigenvalue weighted by atomic mass is 16.3. The topological polar surface area (TPSA) is 77.8 Å². The number of benzene rings is 8. The largest absolute Gasteiger partial charge is 0.452 e. The van der Waals surface area contributed by atoms with Crippen molar-refractivity contribution in [2.45, 2.75) is 0 Å². The van der Waals surface area contributed by atoms with Crippen LogP contribution in [0.15, 0.2) is 215 Å². The van der Waals surface area contributed by atoms with Gasteiger partial charge in [-0.15, -0.1) is 0 Å². The van der Waals surface area contributed by atoms with Gasteiger partial charge in [0, 0.05) is 33.0 Å². The van der Waals surface area contributed by atoms with Gasteiger partial charge < -0.3 is 8.83 Å². The van der Waals surface area contributed by atoms with Gasteiger partial charge in [0.25, 0.3) is 0 Å². The number of hydrogen-bond donors (Lipinski definition) is 0. The summed E-state index contributed by atoms with van der Waals surface area (Å²) in [7, 11) is 0. The highest BCUT2D eigenvalue weighted by Gasteiger charge is 2.20. The van der Waals surface area contributed by atoms with Crippen LogP contribution < -0.4 is 0 Å². The lowest BCUT2D eigenvalue weighted by Gasteiger charge is -2.10. The molecule has 62 heavy (non-hydrogen) atoms. The molecule has 0 unspecified atom stereocenters. The fourth-order valence-corrected chi connectivity index (χ4v) is 8.41. The number of fused-ring (bicyclic) bond motifs is 6. The lowest BCUT2D eigenvalue weighted by atomic mass is 9.99. The third kappa shape index (κ3) is 6.21. The van der Waals surface area contributed by atoms with Crippen LogP contribution >= 0.6 is 0 Å². The summed E-state index contributed by atoms with van der Waals surface area (Å²) in [5, 5.41) is 1.92. The van der Waals surface area contributed by atoms with E-state index in [0.29, 0.717) is 22.8 Å². The second-order valence-electron chi connectivity index (χ2n) is 15.4. The van der Waals surface area contributed by atoms with E-state index in [1.807, 2.05) is 48.5 Å². The van der Waals surface area contributed by atoms with E-state index in [-0.39, 0.29) is 0 Å². The van der Waals surface area contributed by atoms with Crippen LogP contribution in [0.5, 0.6) is 0 Å². The molecule has 290 valence electrons. The van der Waals surface area contributed by atoms with Gasteiger partial charge in [0.05, 0.1) is 0 Å². The molecular formula is C56H34N4O2. The second kappa shape index (κ2) is 14.7. The predicted molar refractivity (Wildman–Crippen MR) is 250 cm³/mol. The van der Waals surface area contributed by atoms with Crippen molar-refractivity contribution in [2.75, 3.05) is 0 Å². The fourth-order valence-electron chi connectivity index (χ4n) is 8.41. The monoisotopic (exact) mass is 794 g/mol. The maximum atomic E-state index is 6.46. The Hall–Kier alpha value is -8.48. The summed E-state index contributed by atoms with van der Waals surface area (Å²) in [5.41, 5.74) is 16.4. The van der Waals surface area contributed by atoms with Gasteiger partial charge in [0.2, 0.25) is 0 Å². The summed E-state index contributed by atoms with van der Waals surface area (Å²) in [6.07, 6.45) is 0. The number of furan rings is 2. The average molecular weight is 795 g/mol. The van der Waals surface area contributed by atoms with Crippen LogP contribution in [0, 0.1) is 0 Å². The Morgan fingerprint density at radius 2 is 0.597 bits per heavy atom. The van der Waals surface area contributed by atoms with Crippen LogP contribution in [0.2, 0.25) is 0 Å². The van der Waals surface area contributed by atoms with Gasteiger partial charge in [-0.1, -0.05) is 170 Å². The molecule has 12 aromatic rings. The van der Waals surface area contributed by atoms with Crippen molar-refractivity contribution in [3.63, 3.8) is 0 Å². The van der Waals surface area contributed by atoms with E-state index < -0.39 is 0 Å². The zero-order chi connectivity index (χ0) is 41.0. The Kier molecular flexibility index (Phi) is 8.38. The highest BCUT2D eigenvalue weighted by molar-refractivity contribution is 6.08. The lowest BCUT2D eigenvalue weighted by Crippen LogP contribution is -1.95. The van der Waals surface area contributed by atoms with Crippen LogP contribution in [0.3, 0.4) is 0 Å². The van der Waals surface area contributed by atoms with E-state index in [1.54, 1.807) is 0 Å². The van der Waals surface area contributed by atoms with Gasteiger partial charge >= 0.3 is 0 Å². The normalized spacial score (nSPS) is 11.5. The first kappa shape index (κ1) is 35.5. The molecule has 8 aromatic carbocycles. The maximum absolute atomic E-state index is 6.46. The Morgan fingerprint density at radius 3 is 1.03 bits per heavy atom. The summed E-state index contributed by atoms with van der Waals surface area (Å²) in [6, 6.07) is 70.6. The zero-order valence-electron chi connectivity index (χ0n) is 33.2. The lowest BCUT2D eigenvalue weighted by molar-refractivity contribution is 0.667. The van der Waals surface area contributed by atoms with Crippen molar-refractivity contribution in [1.82, 2.24) is 19.9 Å². The van der Waals surface area contributed by atoms with Crippen LogP contribution in [-0.2, 0) is 0 Å². The Balaban J connectivity index is 0.916. The third-order valence-corrected chi connectivity index (χ3v) is 11.5. The Labute approximate surface area is 356 Å². The number of nitrogens with zero attached hydrogens (tertiary/aromatic N) is 4. The van der Waals surface area contributed by atoms with E-state index in [4.69, 9.17) is 28.8 Å². The fraction of sp³-hybridized carbons (Fsp3) is 0. The highest BCUT2D eigenvalue weighted by Crippen LogP contribution is 2.39. The Bertz CT molecular complexity index is 3370. The number of rotatable bonds is 7. The van der Waals surface area contributed by atoms with Gasteiger partial charge in [-0.2, -0.15) is 0 Å². The summed E-state index contributed by atoms with van der Waals surface area (Å²) in [5.74, 6) is 1.29. The minimum atomic E-state index is 0.645. The minimum absolute atomic E-state index is 0.645. The SMILES string of the molecule is c1ccc(-c2cccc(-c3nc(-c4ccc(-c5ccc(-c6nc(-c7cccc(-c8ccccc8)c7)nc7c6oc6ccccc67)cc5)cc4)c4oc5ccccc5c4n3)c2)cc1. The molecule has 4 aromatic heterocycles. The standard InChI is InChI=1S/C56H34N4O2/c1-3-13-35(14-4-1)41-17-11-19-43(33-41)55-57-49(53-51(59-55)45-21-7-9-23-47(45)61-53)39-29-25-37(26-30-39)38-27-31-40(32-28-38)50-54-52(46-22-8-10-24-48(46)62-54)60-56(58-50)44-20-12-18-42(34-44)36-15-5-2-6-16-36/h1-34H. The average Bonchev–Trinajstić information content (AvgIpc) is 3.93. The maximum Gasteiger partial charge on any atom is 0.180 e. The van der Waals surface area contributed by atoms with Crippen molar-refractivity contribution < 1.29 is 8.83 Å². The minimum Gasteiger partial charge on any atom is -0.452 e. The van der Waals surface area contributed by atoms with Gasteiger partial charge in [0.1, 0.15) is 33.6 Å². The molecule has 12 rings (SSSR count). The molecule has 0 fully saturated rings. The van der Waals surface area contributed by atoms with E-state index in [0.717, 1.165) is 100.0 Å². The summed E-state index contributed by atoms with van der Waals surface area (Å²) < 4.78 is 12.9. The predicted octanol–water partition coefficient (Wildman–Crippen LogP) is 14.7. The van der Waals surface area contributed by atoms with Crippen LogP contribution in [0.1, 0.15) is 0 Å². The molecule has 0 spiro atoms. The molecule has 0 amide bonds. The molecule has 0 N–H and O–H groups in total. The van der Waals surface area contributed by atoms with Gasteiger partial charge in [-0.25, -0.2) is 19.9 Å². The number of hydrogen-bond acceptors (Lipinski definition) is 6. The van der Waals surface area contributed by atoms with E-state index in [9.17, 15) is 0 Å². The first-order valence-electron chi connectivity index (χ1n) is 20.6. The molecule has 6 nitrogen and oxygen atoms in total. The first-order valence-corrected chi connectivity index (χ1v) is 20.6. The zero-order valence-corrected chi connectivity index (χ0v) is 33.2. The van der Waals surface area contributed by atoms with Crippen molar-refractivity contribution in [1.29, 1.82) is 0 Å². The van der Waals surface area contributed by atoms with Crippen molar-refractivity contribution >= 4 is 44.1 Å². The van der Waals surface area contributed by atoms with Gasteiger partial charge in [-0.3, -0.25) is 0 Å². The van der Waals surface area contributed by atoms with Crippen LogP contribution in [0.4, 0.5) is 0 Å². The molecular weight excluding hydrogens is 761 g/mol. The Morgan fingerprint density at radius 1 is 0.258 bits per heavy atom. The molecule has 0 saturated carbocycles. The molecule has 6 heteroatoms. The van der Waals surface area contributed by atoms with Gasteiger partial charge in [-0.05, 0) is 69.8 Å². The quantitative estimate of drug-likeness (QED) is 0.160. The second-order valence-corrected chi connectivity index (χ2v) is 15.4. The van der Waals surface area contributed by atoms with Crippen LogP contribution in [-0.4, -0.2) is 19.9 Å². The number of para-hydroxylation sites is 2. The molecule has 0 radical (unpaired) electrons. The van der Waals surface area contributed by atoms with Crippen molar-refractivity contribution in [2.24, 2.45) is 0 Å². The molecule has 0 bridgehead atoms. The van der Waals surface area contributed by atoms with Crippen molar-refractivity contribution in [3.05, 3.63) is 206 Å². The van der Waals surface area contributed by atoms with Gasteiger partial charge in [0.15, 0.2) is 22.8 Å². The molecule has 0 saturated heterocycles.